The van der Waals surface area contributed by atoms with Gasteiger partial charge in [0.2, 0.25) is 21.8 Å². The van der Waals surface area contributed by atoms with Crippen LogP contribution in [0.5, 0.6) is 11.5 Å². The zero-order valence-electron chi connectivity index (χ0n) is 32.6. The number of hydrogen-bond donors (Lipinski definition) is 3. The number of ether oxygens (including phenoxy) is 3. The summed E-state index contributed by atoms with van der Waals surface area (Å²) in [4.78, 5) is 62.2. The van der Waals surface area contributed by atoms with Crippen LogP contribution in [-0.2, 0) is 29.1 Å². The number of carbonyl (C=O) groups is 4. The van der Waals surface area contributed by atoms with Gasteiger partial charge in [-0.2, -0.15) is 0 Å². The number of amides is 4. The predicted molar refractivity (Wildman–Crippen MR) is 214 cm³/mol. The van der Waals surface area contributed by atoms with E-state index in [1.54, 1.807) is 27.9 Å². The van der Waals surface area contributed by atoms with Gasteiger partial charge in [-0.1, -0.05) is 69.3 Å². The van der Waals surface area contributed by atoms with Crippen molar-refractivity contribution in [1.29, 1.82) is 0 Å². The third-order valence-corrected chi connectivity index (χ3v) is 12.8. The van der Waals surface area contributed by atoms with Crippen molar-refractivity contribution in [2.45, 2.75) is 88.3 Å². The van der Waals surface area contributed by atoms with Gasteiger partial charge in [-0.3, -0.25) is 19.1 Å². The van der Waals surface area contributed by atoms with Crippen LogP contribution in [0.4, 0.5) is 4.79 Å². The van der Waals surface area contributed by atoms with E-state index >= 15 is 0 Å². The molecule has 2 saturated carbocycles. The van der Waals surface area contributed by atoms with Gasteiger partial charge in [0.25, 0.3) is 5.91 Å². The number of aromatic nitrogens is 1. The average molecular weight is 800 g/mol. The number of pyridine rings is 1. The van der Waals surface area contributed by atoms with Gasteiger partial charge in [-0.05, 0) is 43.6 Å². The minimum Gasteiger partial charge on any atom is -0.496 e. The first-order chi connectivity index (χ1) is 27.1. The van der Waals surface area contributed by atoms with Gasteiger partial charge in [0.15, 0.2) is 0 Å². The van der Waals surface area contributed by atoms with Crippen molar-refractivity contribution in [2.24, 2.45) is 11.3 Å². The molecule has 2 aliphatic heterocycles. The number of allylic oxidation sites excluding steroid dienone is 1. The summed E-state index contributed by atoms with van der Waals surface area (Å²) < 4.78 is 45.8. The Balaban J connectivity index is 1.29. The molecule has 4 bridgehead atoms. The zero-order chi connectivity index (χ0) is 40.7. The molecule has 4 aliphatic rings. The Morgan fingerprint density at radius 2 is 1.88 bits per heavy atom. The van der Waals surface area contributed by atoms with Crippen LogP contribution in [0.3, 0.4) is 0 Å². The van der Waals surface area contributed by atoms with Crippen molar-refractivity contribution in [3.63, 3.8) is 0 Å². The van der Waals surface area contributed by atoms with Crippen LogP contribution >= 0.6 is 0 Å². The number of nitrogens with one attached hydrogen (secondary N) is 3. The fourth-order valence-electron chi connectivity index (χ4n) is 7.52. The number of cyclic esters (lactones) is 1. The monoisotopic (exact) mass is 799 g/mol. The standard InChI is InChI=1S/C42H49N5O9S/c1-6-27-23-42(27,39(50)46-57(52,53)29-16-17-29)45-37(48)33-20-28-24-47(33)38(49)36(41(2,3)4)44-40(51)55-18-12-8-11-15-26-19-30-32(22-34(26)54-5)43-31(21-35(30)56-28)25-13-9-7-10-14-25/h6-7,9-11,13-15,19,21-22,27-29,33,36H,1,8,12,16-18,20,23-24H2,2-5H3,(H,44,51)(H,45,48)(H,46,50)/b15-11+/t27-,28-,33+,36-,42-/m1/s1. The summed E-state index contributed by atoms with van der Waals surface area (Å²) in [5.74, 6) is -1.52. The highest BCUT2D eigenvalue weighted by Crippen LogP contribution is 2.46. The number of rotatable bonds is 8. The van der Waals surface area contributed by atoms with Crippen molar-refractivity contribution in [2.75, 3.05) is 20.3 Å². The summed E-state index contributed by atoms with van der Waals surface area (Å²) in [6, 6.07) is 12.9. The van der Waals surface area contributed by atoms with Gasteiger partial charge in [-0.15, -0.1) is 6.58 Å². The lowest BCUT2D eigenvalue weighted by Gasteiger charge is -2.35. The summed E-state index contributed by atoms with van der Waals surface area (Å²) in [6.07, 6.45) is 6.06. The Labute approximate surface area is 332 Å². The highest BCUT2D eigenvalue weighted by atomic mass is 32.2. The summed E-state index contributed by atoms with van der Waals surface area (Å²) in [5.41, 5.74) is 0.481. The molecule has 14 nitrogen and oxygen atoms in total. The molecule has 0 spiro atoms. The molecular weight excluding hydrogens is 751 g/mol. The fraction of sp³-hybridized carbons (Fsp3) is 0.452. The fourth-order valence-corrected chi connectivity index (χ4v) is 8.89. The zero-order valence-corrected chi connectivity index (χ0v) is 33.4. The third-order valence-electron chi connectivity index (χ3n) is 11.0. The number of nitrogens with zero attached hydrogens (tertiary/aromatic N) is 2. The van der Waals surface area contributed by atoms with Gasteiger partial charge in [0, 0.05) is 41.0 Å². The smallest absolute Gasteiger partial charge is 0.407 e. The number of hydrogen-bond acceptors (Lipinski definition) is 10. The Bertz CT molecular complexity index is 2230. The van der Waals surface area contributed by atoms with Gasteiger partial charge in [0.1, 0.15) is 35.2 Å². The van der Waals surface area contributed by atoms with Gasteiger partial charge >= 0.3 is 6.09 Å². The number of fused-ring (bicyclic) bond motifs is 3. The molecule has 3 aromatic rings. The summed E-state index contributed by atoms with van der Waals surface area (Å²) >= 11 is 0. The first-order valence-electron chi connectivity index (χ1n) is 19.3. The molecule has 5 atom stereocenters. The topological polar surface area (TPSA) is 182 Å². The molecule has 15 heteroatoms. The normalized spacial score (nSPS) is 25.9. The van der Waals surface area contributed by atoms with E-state index in [9.17, 15) is 27.6 Å². The number of alkyl carbamates (subject to hydrolysis) is 1. The molecule has 3 fully saturated rings. The molecule has 0 radical (unpaired) electrons. The summed E-state index contributed by atoms with van der Waals surface area (Å²) in [7, 11) is -2.33. The van der Waals surface area contributed by atoms with Crippen LogP contribution < -0.4 is 24.8 Å². The Kier molecular flexibility index (Phi) is 10.8. The number of carbonyl (C=O) groups excluding carboxylic acids is 4. The number of benzene rings is 2. The molecule has 57 heavy (non-hydrogen) atoms. The maximum Gasteiger partial charge on any atom is 0.407 e. The summed E-state index contributed by atoms with van der Waals surface area (Å²) in [6.45, 7) is 9.24. The largest absolute Gasteiger partial charge is 0.496 e. The molecule has 3 heterocycles. The molecule has 1 aromatic heterocycles. The van der Waals surface area contributed by atoms with Gasteiger partial charge in [0.05, 0.1) is 36.7 Å². The Morgan fingerprint density at radius 3 is 2.54 bits per heavy atom. The lowest BCUT2D eigenvalue weighted by atomic mass is 9.85. The van der Waals surface area contributed by atoms with E-state index in [0.717, 1.165) is 11.1 Å². The van der Waals surface area contributed by atoms with Crippen LogP contribution in [0.25, 0.3) is 28.2 Å². The predicted octanol–water partition coefficient (Wildman–Crippen LogP) is 4.88. The second-order valence-corrected chi connectivity index (χ2v) is 18.2. The van der Waals surface area contributed by atoms with Crippen LogP contribution in [0.15, 0.2) is 67.3 Å². The minimum absolute atomic E-state index is 0.0170. The van der Waals surface area contributed by atoms with Gasteiger partial charge in [-0.25, -0.2) is 18.2 Å². The van der Waals surface area contributed by atoms with E-state index in [-0.39, 0.29) is 26.0 Å². The lowest BCUT2D eigenvalue weighted by molar-refractivity contribution is -0.142. The number of sulfonamides is 1. The maximum absolute atomic E-state index is 14.7. The molecule has 1 saturated heterocycles. The Morgan fingerprint density at radius 1 is 1.12 bits per heavy atom. The van der Waals surface area contributed by atoms with Gasteiger partial charge < -0.3 is 29.7 Å². The lowest BCUT2D eigenvalue weighted by Crippen LogP contribution is -2.60. The molecule has 2 aromatic carbocycles. The highest BCUT2D eigenvalue weighted by Gasteiger charge is 2.62. The van der Waals surface area contributed by atoms with E-state index in [4.69, 9.17) is 19.2 Å². The molecule has 302 valence electrons. The second kappa shape index (κ2) is 15.5. The quantitative estimate of drug-likeness (QED) is 0.266. The first kappa shape index (κ1) is 39.8. The first-order valence-corrected chi connectivity index (χ1v) is 20.8. The maximum atomic E-state index is 14.7. The van der Waals surface area contributed by atoms with E-state index in [1.807, 2.05) is 60.7 Å². The molecule has 7 rings (SSSR count). The van der Waals surface area contributed by atoms with Crippen LogP contribution in [0.1, 0.15) is 64.9 Å². The van der Waals surface area contributed by atoms with E-state index < -0.39 is 74.1 Å². The molecule has 4 amide bonds. The highest BCUT2D eigenvalue weighted by molar-refractivity contribution is 7.91. The van der Waals surface area contributed by atoms with Crippen LogP contribution in [-0.4, -0.2) is 91.4 Å². The number of methoxy groups -OCH3 is 1. The molecule has 0 unspecified atom stereocenters. The van der Waals surface area contributed by atoms with Crippen molar-refractivity contribution in [3.05, 3.63) is 72.8 Å². The second-order valence-electron chi connectivity index (χ2n) is 16.3. The van der Waals surface area contributed by atoms with Crippen molar-refractivity contribution < 1.29 is 41.8 Å². The van der Waals surface area contributed by atoms with Crippen molar-refractivity contribution in [1.82, 2.24) is 25.2 Å². The van der Waals surface area contributed by atoms with Crippen LogP contribution in [0, 0.1) is 11.3 Å². The summed E-state index contributed by atoms with van der Waals surface area (Å²) in [5, 5.41) is 5.60. The van der Waals surface area contributed by atoms with E-state index in [0.29, 0.717) is 53.8 Å². The minimum atomic E-state index is -3.92. The van der Waals surface area contributed by atoms with Crippen LogP contribution in [0.2, 0.25) is 0 Å². The molecular formula is C42H49N5O9S. The van der Waals surface area contributed by atoms with Crippen molar-refractivity contribution in [3.8, 4) is 22.8 Å². The Hall–Kier alpha value is -5.44. The third kappa shape index (κ3) is 8.34. The van der Waals surface area contributed by atoms with E-state index in [2.05, 4.69) is 21.9 Å². The SMILES string of the molecule is C=C[C@@H]1C[C@]1(NC(=O)[C@@H]1C[C@@H]2CN1C(=O)[C@H](C(C)(C)C)NC(=O)OCCC/C=C/c1cc3c(cc(-c4ccccc4)nc3cc1OC)O2)C(=O)NS(=O)(=O)C1CC1. The van der Waals surface area contributed by atoms with E-state index in [1.165, 1.54) is 11.0 Å². The molecule has 3 N–H and O–H groups in total. The van der Waals surface area contributed by atoms with Crippen molar-refractivity contribution >= 4 is 50.8 Å². The average Bonchev–Trinajstić information content (AvgIpc) is 4.11. The molecule has 2 aliphatic carbocycles.